The first-order chi connectivity index (χ1) is 5.84. The van der Waals surface area contributed by atoms with E-state index in [0.717, 1.165) is 6.07 Å². The number of rotatable bonds is 1. The third-order valence-corrected chi connectivity index (χ3v) is 1.05. The van der Waals surface area contributed by atoms with E-state index in [1.807, 2.05) is 0 Å². The minimum absolute atomic E-state index is 0.883. The van der Waals surface area contributed by atoms with Gasteiger partial charge in [-0.25, -0.2) is 8.78 Å². The van der Waals surface area contributed by atoms with Gasteiger partial charge in [0.15, 0.2) is 0 Å². The van der Waals surface area contributed by atoms with Gasteiger partial charge >= 0.3 is 6.18 Å². The number of alkyl halides is 5. The van der Waals surface area contributed by atoms with E-state index in [0.29, 0.717) is 0 Å². The van der Waals surface area contributed by atoms with Crippen LogP contribution in [0.3, 0.4) is 0 Å². The van der Waals surface area contributed by atoms with Gasteiger partial charge in [-0.2, -0.15) is 18.4 Å². The van der Waals surface area contributed by atoms with E-state index in [1.165, 1.54) is 5.92 Å². The van der Waals surface area contributed by atoms with Gasteiger partial charge in [0.1, 0.15) is 17.2 Å². The Balaban J connectivity index is 5.43. The zero-order chi connectivity index (χ0) is 10.6. The molecule has 0 aliphatic rings. The van der Waals surface area contributed by atoms with Gasteiger partial charge in [0.2, 0.25) is 0 Å². The lowest BCUT2D eigenvalue weighted by Crippen LogP contribution is -2.20. The average molecular weight is 195 g/mol. The first kappa shape index (κ1) is 11.4. The summed E-state index contributed by atoms with van der Waals surface area (Å²) in [4.78, 5) is 0. The Kier molecular flexibility index (Phi) is 3.43. The molecule has 0 aromatic rings. The summed E-state index contributed by atoms with van der Waals surface area (Å²) >= 11 is 0. The molecule has 0 atom stereocenters. The SMILES string of the molecule is C#C/C(C#N)=C(/C(F)F)C(F)(F)F. The van der Waals surface area contributed by atoms with Crippen molar-refractivity contribution in [3.05, 3.63) is 11.1 Å². The average Bonchev–Trinajstić information content (AvgIpc) is 1.96. The fourth-order valence-corrected chi connectivity index (χ4v) is 0.545. The van der Waals surface area contributed by atoms with E-state index in [4.69, 9.17) is 5.26 Å². The number of terminal acetylenes is 1. The lowest BCUT2D eigenvalue weighted by Gasteiger charge is -2.10. The molecule has 6 heteroatoms. The highest BCUT2D eigenvalue weighted by Gasteiger charge is 2.42. The van der Waals surface area contributed by atoms with Gasteiger partial charge in [-0.1, -0.05) is 5.92 Å². The van der Waals surface area contributed by atoms with Crippen LogP contribution in [-0.2, 0) is 0 Å². The van der Waals surface area contributed by atoms with Crippen molar-refractivity contribution in [3.63, 3.8) is 0 Å². The topological polar surface area (TPSA) is 23.8 Å². The van der Waals surface area contributed by atoms with Crippen molar-refractivity contribution in [2.24, 2.45) is 0 Å². The second kappa shape index (κ2) is 3.90. The van der Waals surface area contributed by atoms with Crippen molar-refractivity contribution >= 4 is 0 Å². The highest BCUT2D eigenvalue weighted by molar-refractivity contribution is 5.45. The fraction of sp³-hybridized carbons (Fsp3) is 0.286. The van der Waals surface area contributed by atoms with Gasteiger partial charge in [-0.15, -0.1) is 6.42 Å². The van der Waals surface area contributed by atoms with Gasteiger partial charge in [0.05, 0.1) is 0 Å². The quantitative estimate of drug-likeness (QED) is 0.357. The molecule has 0 aromatic heterocycles. The Morgan fingerprint density at radius 1 is 1.31 bits per heavy atom. The van der Waals surface area contributed by atoms with E-state index < -0.39 is 23.7 Å². The third-order valence-electron chi connectivity index (χ3n) is 1.05. The van der Waals surface area contributed by atoms with E-state index in [1.54, 1.807) is 0 Å². The fourth-order valence-electron chi connectivity index (χ4n) is 0.545. The molecule has 0 spiro atoms. The molecule has 0 saturated heterocycles. The molecule has 0 bridgehead atoms. The first-order valence-corrected chi connectivity index (χ1v) is 2.80. The summed E-state index contributed by atoms with van der Waals surface area (Å²) in [6.07, 6.45) is -4.62. The van der Waals surface area contributed by atoms with Crippen LogP contribution in [0.1, 0.15) is 0 Å². The summed E-state index contributed by atoms with van der Waals surface area (Å²) in [6.45, 7) is 0. The molecule has 0 aliphatic carbocycles. The van der Waals surface area contributed by atoms with Gasteiger partial charge in [-0.05, 0) is 0 Å². The van der Waals surface area contributed by atoms with E-state index in [2.05, 4.69) is 6.42 Å². The van der Waals surface area contributed by atoms with E-state index in [9.17, 15) is 22.0 Å². The van der Waals surface area contributed by atoms with Crippen molar-refractivity contribution in [2.75, 3.05) is 0 Å². The summed E-state index contributed by atoms with van der Waals surface area (Å²) < 4.78 is 59.0. The van der Waals surface area contributed by atoms with Crippen LogP contribution in [0.4, 0.5) is 22.0 Å². The number of nitriles is 1. The molecule has 0 saturated carbocycles. The molecule has 0 N–H and O–H groups in total. The molecular formula is C7H2F5N. The lowest BCUT2D eigenvalue weighted by molar-refractivity contribution is -0.109. The molecule has 0 radical (unpaired) electrons. The monoisotopic (exact) mass is 195 g/mol. The Bertz CT molecular complexity index is 282. The highest BCUT2D eigenvalue weighted by Crippen LogP contribution is 2.32. The van der Waals surface area contributed by atoms with E-state index in [-0.39, 0.29) is 0 Å². The molecule has 0 rings (SSSR count). The van der Waals surface area contributed by atoms with Crippen LogP contribution in [0, 0.1) is 23.7 Å². The molecule has 70 valence electrons. The first-order valence-electron chi connectivity index (χ1n) is 2.80. The van der Waals surface area contributed by atoms with Crippen LogP contribution < -0.4 is 0 Å². The minimum atomic E-state index is -5.27. The van der Waals surface area contributed by atoms with Gasteiger partial charge in [-0.3, -0.25) is 0 Å². The van der Waals surface area contributed by atoms with Crippen molar-refractivity contribution in [3.8, 4) is 18.4 Å². The number of halogens is 5. The molecular weight excluding hydrogens is 193 g/mol. The van der Waals surface area contributed by atoms with E-state index >= 15 is 0 Å². The van der Waals surface area contributed by atoms with Crippen LogP contribution in [0.5, 0.6) is 0 Å². The van der Waals surface area contributed by atoms with Crippen LogP contribution in [0.15, 0.2) is 11.1 Å². The highest BCUT2D eigenvalue weighted by atomic mass is 19.4. The third kappa shape index (κ3) is 2.75. The Labute approximate surface area is 70.5 Å². The zero-order valence-electron chi connectivity index (χ0n) is 5.99. The second-order valence-electron chi connectivity index (χ2n) is 1.84. The molecule has 0 fully saturated rings. The zero-order valence-corrected chi connectivity index (χ0v) is 5.99. The molecule has 0 aliphatic heterocycles. The summed E-state index contributed by atoms with van der Waals surface area (Å²) in [7, 11) is 0. The Morgan fingerprint density at radius 2 is 1.77 bits per heavy atom. The maximum Gasteiger partial charge on any atom is 0.420 e. The molecule has 0 unspecified atom stereocenters. The summed E-state index contributed by atoms with van der Waals surface area (Å²) in [5, 5.41) is 8.02. The summed E-state index contributed by atoms with van der Waals surface area (Å²) in [6, 6.07) is 0.883. The van der Waals surface area contributed by atoms with Gasteiger partial charge in [0, 0.05) is 0 Å². The molecule has 0 amide bonds. The van der Waals surface area contributed by atoms with Crippen LogP contribution in [0.25, 0.3) is 0 Å². The summed E-state index contributed by atoms with van der Waals surface area (Å²) in [5.41, 5.74) is -3.65. The summed E-state index contributed by atoms with van der Waals surface area (Å²) in [5.74, 6) is 1.26. The standard InChI is InChI=1S/C7H2F5N/c1-2-4(3-13)5(6(8)9)7(10,11)12/h1,6H/b5-4+. The van der Waals surface area contributed by atoms with Crippen LogP contribution in [-0.4, -0.2) is 12.6 Å². The second-order valence-corrected chi connectivity index (χ2v) is 1.84. The predicted octanol–water partition coefficient (Wildman–Crippen LogP) is 2.27. The Morgan fingerprint density at radius 3 is 1.85 bits per heavy atom. The molecule has 13 heavy (non-hydrogen) atoms. The number of nitrogens with zero attached hydrogens (tertiary/aromatic N) is 1. The van der Waals surface area contributed by atoms with Gasteiger partial charge < -0.3 is 0 Å². The van der Waals surface area contributed by atoms with Crippen LogP contribution in [0.2, 0.25) is 0 Å². The molecule has 1 nitrogen and oxygen atoms in total. The largest absolute Gasteiger partial charge is 0.420 e. The van der Waals surface area contributed by atoms with Crippen molar-refractivity contribution < 1.29 is 22.0 Å². The van der Waals surface area contributed by atoms with Crippen LogP contribution >= 0.6 is 0 Å². The predicted molar refractivity (Wildman–Crippen MR) is 33.5 cm³/mol. The lowest BCUT2D eigenvalue weighted by atomic mass is 10.1. The number of hydrogen-bond acceptors (Lipinski definition) is 1. The smallest absolute Gasteiger partial charge is 0.205 e. The van der Waals surface area contributed by atoms with Crippen molar-refractivity contribution in [2.45, 2.75) is 12.6 Å². The Hall–Kier alpha value is -1.56. The van der Waals surface area contributed by atoms with Crippen molar-refractivity contribution in [1.29, 1.82) is 5.26 Å². The maximum atomic E-state index is 11.8. The van der Waals surface area contributed by atoms with Crippen molar-refractivity contribution in [1.82, 2.24) is 0 Å². The molecule has 0 heterocycles. The molecule has 0 aromatic carbocycles. The number of hydrogen-bond donors (Lipinski definition) is 0. The normalized spacial score (nSPS) is 13.2. The van der Waals surface area contributed by atoms with Gasteiger partial charge in [0.25, 0.3) is 6.43 Å². The number of allylic oxidation sites excluding steroid dienone is 2. The minimum Gasteiger partial charge on any atom is -0.205 e. The maximum absolute atomic E-state index is 11.8.